The molecular formula is C29H36F9N7O2. The molecule has 0 bridgehead atoms. The van der Waals surface area contributed by atoms with Gasteiger partial charge in [0.25, 0.3) is 0 Å². The average Bonchev–Trinajstić information content (AvgIpc) is 2.97. The van der Waals surface area contributed by atoms with E-state index < -0.39 is 77.6 Å². The SMILES string of the molecule is CCCC1CC(N(Cc2cc(C(F)(F)F)cc(C(F)(F)F)c2)C(=N)N=N)c2cc(C(F)(F)F)ccc2N1C(=O)OC(C)C.NCCN. The largest absolute Gasteiger partial charge is 0.446 e. The maximum absolute atomic E-state index is 13.8. The van der Waals surface area contributed by atoms with Crippen molar-refractivity contribution in [1.82, 2.24) is 4.90 Å². The van der Waals surface area contributed by atoms with Crippen LogP contribution in [0, 0.1) is 10.9 Å². The van der Waals surface area contributed by atoms with Gasteiger partial charge < -0.3 is 21.1 Å². The highest BCUT2D eigenvalue weighted by Gasteiger charge is 2.43. The predicted molar refractivity (Wildman–Crippen MR) is 155 cm³/mol. The van der Waals surface area contributed by atoms with E-state index in [1.54, 1.807) is 20.8 Å². The van der Waals surface area contributed by atoms with Gasteiger partial charge in [0.1, 0.15) is 0 Å². The lowest BCUT2D eigenvalue weighted by Crippen LogP contribution is -2.49. The highest BCUT2D eigenvalue weighted by Crippen LogP contribution is 2.46. The van der Waals surface area contributed by atoms with E-state index in [-0.39, 0.29) is 30.2 Å². The van der Waals surface area contributed by atoms with Gasteiger partial charge in [0.05, 0.1) is 34.5 Å². The summed E-state index contributed by atoms with van der Waals surface area (Å²) in [7, 11) is 0. The van der Waals surface area contributed by atoms with Crippen LogP contribution in [0.15, 0.2) is 41.5 Å². The second kappa shape index (κ2) is 15.8. The number of carbonyl (C=O) groups excluding carboxylic acids is 1. The molecule has 0 aromatic heterocycles. The molecule has 0 aliphatic carbocycles. The lowest BCUT2D eigenvalue weighted by atomic mass is 9.87. The van der Waals surface area contributed by atoms with Crippen molar-refractivity contribution in [2.24, 2.45) is 16.6 Å². The summed E-state index contributed by atoms with van der Waals surface area (Å²) in [5, 5.41) is 11.2. The number of benzene rings is 2. The van der Waals surface area contributed by atoms with Crippen LogP contribution in [0.25, 0.3) is 0 Å². The minimum absolute atomic E-state index is 0.0452. The number of carbonyl (C=O) groups is 1. The minimum Gasteiger partial charge on any atom is -0.446 e. The number of amides is 1. The van der Waals surface area contributed by atoms with Gasteiger partial charge in [-0.25, -0.2) is 10.3 Å². The summed E-state index contributed by atoms with van der Waals surface area (Å²) in [6.07, 6.45) is -16.1. The average molecular weight is 686 g/mol. The Morgan fingerprint density at radius 2 is 1.49 bits per heavy atom. The molecule has 18 heteroatoms. The van der Waals surface area contributed by atoms with Gasteiger partial charge in [0, 0.05) is 25.7 Å². The van der Waals surface area contributed by atoms with Gasteiger partial charge in [-0.1, -0.05) is 13.3 Å². The molecule has 0 spiro atoms. The normalized spacial score (nSPS) is 16.6. The number of hydrogen-bond donors (Lipinski definition) is 4. The first-order chi connectivity index (χ1) is 21.7. The van der Waals surface area contributed by atoms with E-state index in [0.29, 0.717) is 37.7 Å². The van der Waals surface area contributed by atoms with Crippen molar-refractivity contribution >= 4 is 17.7 Å². The first-order valence-corrected chi connectivity index (χ1v) is 14.3. The summed E-state index contributed by atoms with van der Waals surface area (Å²) in [5.41, 5.74) is 12.0. The topological polar surface area (TPSA) is 145 Å². The van der Waals surface area contributed by atoms with Crippen molar-refractivity contribution in [1.29, 1.82) is 10.9 Å². The van der Waals surface area contributed by atoms with Crippen molar-refractivity contribution in [2.75, 3.05) is 18.0 Å². The quantitative estimate of drug-likeness (QED) is 0.101. The van der Waals surface area contributed by atoms with Crippen molar-refractivity contribution in [3.8, 4) is 0 Å². The van der Waals surface area contributed by atoms with E-state index in [1.807, 2.05) is 0 Å². The molecule has 9 nitrogen and oxygen atoms in total. The first kappa shape index (κ1) is 39.2. The van der Waals surface area contributed by atoms with Crippen LogP contribution in [0.5, 0.6) is 0 Å². The van der Waals surface area contributed by atoms with Crippen LogP contribution in [0.3, 0.4) is 0 Å². The lowest BCUT2D eigenvalue weighted by molar-refractivity contribution is -0.143. The van der Waals surface area contributed by atoms with Crippen molar-refractivity contribution in [2.45, 2.75) is 83.3 Å². The summed E-state index contributed by atoms with van der Waals surface area (Å²) >= 11 is 0. The Kier molecular flexibility index (Phi) is 13.2. The van der Waals surface area contributed by atoms with Crippen LogP contribution in [-0.4, -0.2) is 42.2 Å². The van der Waals surface area contributed by atoms with E-state index in [4.69, 9.17) is 27.1 Å². The van der Waals surface area contributed by atoms with Gasteiger partial charge in [0.2, 0.25) is 5.96 Å². The molecule has 0 saturated carbocycles. The van der Waals surface area contributed by atoms with E-state index in [9.17, 15) is 44.3 Å². The molecule has 47 heavy (non-hydrogen) atoms. The summed E-state index contributed by atoms with van der Waals surface area (Å²) in [6, 6.07) is 1.20. The molecule has 1 aliphatic rings. The molecule has 6 N–H and O–H groups in total. The number of rotatable bonds is 7. The molecule has 0 saturated heterocycles. The molecule has 2 unspecified atom stereocenters. The lowest BCUT2D eigenvalue weighted by Gasteiger charge is -2.44. The maximum Gasteiger partial charge on any atom is 0.416 e. The molecule has 1 aliphatic heterocycles. The van der Waals surface area contributed by atoms with Crippen LogP contribution >= 0.6 is 0 Å². The molecule has 262 valence electrons. The number of fused-ring (bicyclic) bond motifs is 1. The zero-order valence-corrected chi connectivity index (χ0v) is 25.7. The van der Waals surface area contributed by atoms with E-state index in [1.165, 1.54) is 4.90 Å². The fourth-order valence-electron chi connectivity index (χ4n) is 4.99. The van der Waals surface area contributed by atoms with Crippen molar-refractivity contribution in [3.63, 3.8) is 0 Å². The van der Waals surface area contributed by atoms with Gasteiger partial charge in [-0.2, -0.15) is 39.5 Å². The Morgan fingerprint density at radius 3 is 1.91 bits per heavy atom. The third-order valence-corrected chi connectivity index (χ3v) is 6.91. The van der Waals surface area contributed by atoms with Gasteiger partial charge in [0.15, 0.2) is 0 Å². The van der Waals surface area contributed by atoms with E-state index >= 15 is 0 Å². The Labute approximate surface area is 265 Å². The number of anilines is 1. The molecule has 1 amide bonds. The zero-order chi connectivity index (χ0) is 35.9. The summed E-state index contributed by atoms with van der Waals surface area (Å²) in [4.78, 5) is 15.1. The van der Waals surface area contributed by atoms with E-state index in [0.717, 1.165) is 17.0 Å². The van der Waals surface area contributed by atoms with Crippen LogP contribution in [-0.2, 0) is 29.8 Å². The van der Waals surface area contributed by atoms with Crippen molar-refractivity contribution in [3.05, 3.63) is 64.2 Å². The molecule has 3 rings (SSSR count). The Bertz CT molecular complexity index is 1360. The van der Waals surface area contributed by atoms with Crippen LogP contribution in [0.4, 0.5) is 50.0 Å². The number of nitrogens with zero attached hydrogens (tertiary/aromatic N) is 3. The highest BCUT2D eigenvalue weighted by atomic mass is 19.4. The Balaban J connectivity index is 0.00000181. The second-order valence-electron chi connectivity index (χ2n) is 10.8. The number of halogens is 9. The number of ether oxygens (including phenoxy) is 1. The molecule has 1 heterocycles. The molecule has 0 radical (unpaired) electrons. The number of alkyl halides is 9. The summed E-state index contributed by atoms with van der Waals surface area (Å²) < 4.78 is 128. The monoisotopic (exact) mass is 685 g/mol. The Hall–Kier alpha value is -3.93. The number of hydrogen-bond acceptors (Lipinski definition) is 6. The molecular weight excluding hydrogens is 649 g/mol. The molecule has 2 aromatic rings. The van der Waals surface area contributed by atoms with E-state index in [2.05, 4.69) is 5.11 Å². The van der Waals surface area contributed by atoms with Crippen LogP contribution < -0.4 is 16.4 Å². The smallest absolute Gasteiger partial charge is 0.416 e. The fraction of sp³-hybridized carbons (Fsp3) is 0.517. The fourth-order valence-corrected chi connectivity index (χ4v) is 4.99. The van der Waals surface area contributed by atoms with Gasteiger partial charge in [-0.15, -0.1) is 5.11 Å². The predicted octanol–water partition coefficient (Wildman–Crippen LogP) is 8.08. The minimum atomic E-state index is -5.17. The van der Waals surface area contributed by atoms with Gasteiger partial charge in [-0.05, 0) is 74.2 Å². The zero-order valence-electron chi connectivity index (χ0n) is 25.7. The first-order valence-electron chi connectivity index (χ1n) is 14.3. The molecule has 2 atom stereocenters. The summed E-state index contributed by atoms with van der Waals surface area (Å²) in [5.74, 6) is -0.923. The second-order valence-corrected chi connectivity index (χ2v) is 10.8. The standard InChI is InChI=1S/C27H28F9N5O2.C2H8N2/c1-4-5-19-12-22(20-11-16(25(28,29)30)6-7-21(20)41(19)24(42)43-14(2)3)40(23(37)39-38)13-15-8-17(26(31,32)33)10-18(9-15)27(34,35)36;3-1-2-4/h6-11,14,19,22,37-38H,4-5,12-13H2,1-3H3;1-4H2. The molecule has 0 fully saturated rings. The number of guanidine groups is 1. The third-order valence-electron chi connectivity index (χ3n) is 6.91. The number of nitrogens with one attached hydrogen (secondary N) is 2. The highest BCUT2D eigenvalue weighted by molar-refractivity contribution is 5.91. The van der Waals surface area contributed by atoms with Crippen molar-refractivity contribution < 1.29 is 49.0 Å². The van der Waals surface area contributed by atoms with Crippen LogP contribution in [0.2, 0.25) is 0 Å². The van der Waals surface area contributed by atoms with Crippen LogP contribution in [0.1, 0.15) is 73.9 Å². The maximum atomic E-state index is 13.8. The molecule has 2 aromatic carbocycles. The third kappa shape index (κ3) is 10.3. The summed E-state index contributed by atoms with van der Waals surface area (Å²) in [6.45, 7) is 5.25. The Morgan fingerprint density at radius 1 is 0.957 bits per heavy atom. The van der Waals surface area contributed by atoms with Gasteiger partial charge >= 0.3 is 24.6 Å². The van der Waals surface area contributed by atoms with Gasteiger partial charge in [-0.3, -0.25) is 10.3 Å². The number of nitrogens with two attached hydrogens (primary N) is 2.